The number of nitrogens with zero attached hydrogens (tertiary/aromatic N) is 2. The van der Waals surface area contributed by atoms with Crippen LogP contribution in [0.15, 0.2) is 23.3 Å². The highest BCUT2D eigenvalue weighted by Crippen LogP contribution is 2.26. The average Bonchev–Trinajstić information content (AvgIpc) is 2.38. The van der Waals surface area contributed by atoms with Crippen LogP contribution in [-0.4, -0.2) is 19.7 Å². The van der Waals surface area contributed by atoms with Crippen LogP contribution < -0.4 is 5.56 Å². The number of hydrogen-bond donors (Lipinski definition) is 1. The number of hydrogen-bond acceptors (Lipinski definition) is 4. The fourth-order valence-corrected chi connectivity index (χ4v) is 2.21. The minimum absolute atomic E-state index is 0.0381. The van der Waals surface area contributed by atoms with Gasteiger partial charge in [0.1, 0.15) is 0 Å². The molecule has 0 fully saturated rings. The van der Waals surface area contributed by atoms with Gasteiger partial charge in [-0.15, -0.1) is 0 Å². The molecule has 1 atom stereocenters. The van der Waals surface area contributed by atoms with Crippen molar-refractivity contribution in [2.45, 2.75) is 24.6 Å². The van der Waals surface area contributed by atoms with E-state index in [1.165, 1.54) is 12.4 Å². The maximum atomic E-state index is 11.6. The summed E-state index contributed by atoms with van der Waals surface area (Å²) in [6.45, 7) is 2.00. The molecule has 0 spiro atoms. The number of nitro benzene ring substituents is 1. The number of fused-ring (bicyclic) bond motifs is 1. The summed E-state index contributed by atoms with van der Waals surface area (Å²) in [6.07, 6.45) is 2.68. The first-order chi connectivity index (χ1) is 9.02. The number of H-pyrrole nitrogens is 1. The van der Waals surface area contributed by atoms with Gasteiger partial charge in [-0.2, -0.15) is 0 Å². The number of alkyl halides is 1. The molecule has 0 amide bonds. The normalized spacial score (nSPS) is 12.5. The summed E-state index contributed by atoms with van der Waals surface area (Å²) in [7, 11) is 0. The van der Waals surface area contributed by atoms with Crippen LogP contribution in [0.5, 0.6) is 0 Å². The molecule has 1 unspecified atom stereocenters. The first-order valence-electron chi connectivity index (χ1n) is 5.81. The third kappa shape index (κ3) is 2.81. The Balaban J connectivity index is 2.64. The van der Waals surface area contributed by atoms with Gasteiger partial charge in [0.05, 0.1) is 22.2 Å². The SMILES string of the molecule is CCC(Br)Cc1cc2nc[nH]c(=O)c2cc1[N+](=O)[O-]. The van der Waals surface area contributed by atoms with E-state index in [0.717, 1.165) is 6.42 Å². The monoisotopic (exact) mass is 325 g/mol. The van der Waals surface area contributed by atoms with Crippen LogP contribution in [0.1, 0.15) is 18.9 Å². The van der Waals surface area contributed by atoms with Crippen molar-refractivity contribution in [3.8, 4) is 0 Å². The lowest BCUT2D eigenvalue weighted by Gasteiger charge is -2.08. The number of aromatic amines is 1. The zero-order valence-corrected chi connectivity index (χ0v) is 11.8. The van der Waals surface area contributed by atoms with Crippen molar-refractivity contribution in [3.63, 3.8) is 0 Å². The molecule has 0 bridgehead atoms. The molecule has 1 aromatic carbocycles. The predicted octanol–water partition coefficient (Wildman–Crippen LogP) is 2.55. The maximum absolute atomic E-state index is 11.6. The molecule has 100 valence electrons. The Morgan fingerprint density at radius 2 is 2.26 bits per heavy atom. The fourth-order valence-electron chi connectivity index (χ4n) is 1.86. The molecule has 0 saturated heterocycles. The smallest absolute Gasteiger partial charge is 0.273 e. The van der Waals surface area contributed by atoms with Crippen LogP contribution in [0.3, 0.4) is 0 Å². The lowest BCUT2D eigenvalue weighted by Crippen LogP contribution is -2.09. The third-order valence-electron chi connectivity index (χ3n) is 2.92. The Kier molecular flexibility index (Phi) is 3.94. The van der Waals surface area contributed by atoms with Crippen molar-refractivity contribution < 1.29 is 4.92 Å². The van der Waals surface area contributed by atoms with Gasteiger partial charge in [-0.05, 0) is 18.9 Å². The minimum Gasteiger partial charge on any atom is -0.313 e. The minimum atomic E-state index is -0.462. The molecule has 2 rings (SSSR count). The molecule has 19 heavy (non-hydrogen) atoms. The van der Waals surface area contributed by atoms with Gasteiger partial charge in [-0.25, -0.2) is 4.98 Å². The first-order valence-corrected chi connectivity index (χ1v) is 6.73. The van der Waals surface area contributed by atoms with Crippen molar-refractivity contribution in [2.75, 3.05) is 0 Å². The summed E-state index contributed by atoms with van der Waals surface area (Å²) < 4.78 is 0. The maximum Gasteiger partial charge on any atom is 0.273 e. The highest BCUT2D eigenvalue weighted by molar-refractivity contribution is 9.09. The summed E-state index contributed by atoms with van der Waals surface area (Å²) in [5, 5.41) is 11.3. The third-order valence-corrected chi connectivity index (χ3v) is 3.89. The van der Waals surface area contributed by atoms with Crippen LogP contribution in [-0.2, 0) is 6.42 Å². The van der Waals surface area contributed by atoms with Crippen LogP contribution in [0.4, 0.5) is 5.69 Å². The van der Waals surface area contributed by atoms with E-state index in [2.05, 4.69) is 25.9 Å². The van der Waals surface area contributed by atoms with E-state index in [1.54, 1.807) is 6.07 Å². The van der Waals surface area contributed by atoms with Gasteiger partial charge in [0.25, 0.3) is 11.2 Å². The summed E-state index contributed by atoms with van der Waals surface area (Å²) in [6, 6.07) is 2.92. The number of aromatic nitrogens is 2. The Morgan fingerprint density at radius 3 is 2.89 bits per heavy atom. The molecular formula is C12H12BrN3O3. The fraction of sp³-hybridized carbons (Fsp3) is 0.333. The Labute approximate surface area is 117 Å². The highest BCUT2D eigenvalue weighted by Gasteiger charge is 2.18. The van der Waals surface area contributed by atoms with Crippen molar-refractivity contribution in [2.24, 2.45) is 0 Å². The molecule has 0 saturated carbocycles. The van der Waals surface area contributed by atoms with E-state index < -0.39 is 4.92 Å². The second kappa shape index (κ2) is 5.48. The van der Waals surface area contributed by atoms with Gasteiger partial charge >= 0.3 is 0 Å². The Morgan fingerprint density at radius 1 is 1.53 bits per heavy atom. The molecular weight excluding hydrogens is 314 g/mol. The topological polar surface area (TPSA) is 88.9 Å². The van der Waals surface area contributed by atoms with Crippen LogP contribution in [0.25, 0.3) is 10.9 Å². The van der Waals surface area contributed by atoms with Gasteiger partial charge in [-0.1, -0.05) is 22.9 Å². The summed E-state index contributed by atoms with van der Waals surface area (Å²) in [4.78, 5) is 28.9. The predicted molar refractivity (Wildman–Crippen MR) is 75.7 cm³/mol. The van der Waals surface area contributed by atoms with E-state index in [9.17, 15) is 14.9 Å². The van der Waals surface area contributed by atoms with Gasteiger partial charge < -0.3 is 4.98 Å². The number of halogens is 1. The van der Waals surface area contributed by atoms with Crippen molar-refractivity contribution in [1.82, 2.24) is 9.97 Å². The molecule has 1 heterocycles. The van der Waals surface area contributed by atoms with Gasteiger partial charge in [0.15, 0.2) is 0 Å². The van der Waals surface area contributed by atoms with Gasteiger partial charge in [0, 0.05) is 16.5 Å². The van der Waals surface area contributed by atoms with E-state index in [4.69, 9.17) is 0 Å². The average molecular weight is 326 g/mol. The second-order valence-electron chi connectivity index (χ2n) is 4.20. The van der Waals surface area contributed by atoms with Crippen molar-refractivity contribution >= 4 is 32.5 Å². The lowest BCUT2D eigenvalue weighted by atomic mass is 10.0. The zero-order chi connectivity index (χ0) is 14.0. The largest absolute Gasteiger partial charge is 0.313 e. The van der Waals surface area contributed by atoms with Crippen LogP contribution in [0, 0.1) is 10.1 Å². The Bertz CT molecular complexity index is 683. The highest BCUT2D eigenvalue weighted by atomic mass is 79.9. The molecule has 6 nitrogen and oxygen atoms in total. The van der Waals surface area contributed by atoms with Crippen molar-refractivity contribution in [1.29, 1.82) is 0 Å². The van der Waals surface area contributed by atoms with Gasteiger partial charge in [-0.3, -0.25) is 14.9 Å². The number of benzene rings is 1. The molecule has 0 aliphatic rings. The first kappa shape index (κ1) is 13.7. The van der Waals surface area contributed by atoms with E-state index in [0.29, 0.717) is 17.5 Å². The quantitative estimate of drug-likeness (QED) is 0.531. The van der Waals surface area contributed by atoms with E-state index in [-0.39, 0.29) is 21.5 Å². The molecule has 0 aliphatic heterocycles. The second-order valence-corrected chi connectivity index (χ2v) is 5.49. The van der Waals surface area contributed by atoms with E-state index in [1.807, 2.05) is 6.92 Å². The van der Waals surface area contributed by atoms with Gasteiger partial charge in [0.2, 0.25) is 0 Å². The lowest BCUT2D eigenvalue weighted by molar-refractivity contribution is -0.385. The summed E-state index contributed by atoms with van der Waals surface area (Å²) >= 11 is 3.46. The molecule has 0 aliphatic carbocycles. The summed E-state index contributed by atoms with van der Waals surface area (Å²) in [5.74, 6) is 0. The molecule has 1 N–H and O–H groups in total. The number of nitro groups is 1. The number of nitrogens with one attached hydrogen (secondary N) is 1. The zero-order valence-electron chi connectivity index (χ0n) is 10.2. The van der Waals surface area contributed by atoms with Crippen LogP contribution >= 0.6 is 15.9 Å². The molecule has 7 heteroatoms. The molecule has 0 radical (unpaired) electrons. The van der Waals surface area contributed by atoms with Crippen LogP contribution in [0.2, 0.25) is 0 Å². The Hall–Kier alpha value is -1.76. The van der Waals surface area contributed by atoms with Crippen molar-refractivity contribution in [3.05, 3.63) is 44.5 Å². The number of rotatable bonds is 4. The molecule has 1 aromatic heterocycles. The standard InChI is InChI=1S/C12H12BrN3O3/c1-2-8(13)3-7-4-10-9(5-11(7)16(18)19)12(17)15-6-14-10/h4-6,8H,2-3H2,1H3,(H,14,15,17). The summed E-state index contributed by atoms with van der Waals surface area (Å²) in [5.41, 5.74) is 0.647. The molecule has 2 aromatic rings. The van der Waals surface area contributed by atoms with E-state index >= 15 is 0 Å².